The molecule has 0 aliphatic heterocycles. The Hall–Kier alpha value is -2.40. The van der Waals surface area contributed by atoms with Gasteiger partial charge in [-0.2, -0.15) is 5.26 Å². The zero-order chi connectivity index (χ0) is 12.1. The number of pyridine rings is 1. The number of benzene rings is 1. The topological polar surface area (TPSA) is 36.7 Å². The van der Waals surface area contributed by atoms with Crippen LogP contribution in [0, 0.1) is 18.3 Å². The maximum atomic E-state index is 8.69. The van der Waals surface area contributed by atoms with Gasteiger partial charge in [-0.1, -0.05) is 24.3 Å². The third-order valence-corrected chi connectivity index (χ3v) is 2.40. The van der Waals surface area contributed by atoms with E-state index in [1.54, 1.807) is 0 Å². The number of hydrogen-bond acceptors (Lipinski definition) is 2. The van der Waals surface area contributed by atoms with Crippen LogP contribution in [0.15, 0.2) is 42.5 Å². The molecule has 1 aromatic heterocycles. The van der Waals surface area contributed by atoms with Crippen molar-refractivity contribution in [3.05, 3.63) is 65.0 Å². The number of hydrogen-bond donors (Lipinski definition) is 0. The van der Waals surface area contributed by atoms with Crippen LogP contribution < -0.4 is 0 Å². The van der Waals surface area contributed by atoms with E-state index in [1.165, 1.54) is 0 Å². The Bertz CT molecular complexity index is 575. The standard InChI is InChI=1S/C15H12N2/c1-12-3-2-4-15(17-12)10-9-13-5-7-14(11-16)8-6-13/h2-10H,1H3/b10-9+. The van der Waals surface area contributed by atoms with Gasteiger partial charge in [0.1, 0.15) is 0 Å². The first-order valence-corrected chi connectivity index (χ1v) is 5.40. The molecule has 0 N–H and O–H groups in total. The number of rotatable bonds is 2. The molecule has 2 aromatic rings. The van der Waals surface area contributed by atoms with Crippen molar-refractivity contribution in [2.45, 2.75) is 6.92 Å². The molecule has 0 amide bonds. The number of aryl methyl sites for hydroxylation is 1. The summed E-state index contributed by atoms with van der Waals surface area (Å²) in [6.07, 6.45) is 3.96. The summed E-state index contributed by atoms with van der Waals surface area (Å²) in [6.45, 7) is 1.97. The molecule has 2 heteroatoms. The molecule has 0 saturated carbocycles. The minimum absolute atomic E-state index is 0.677. The van der Waals surface area contributed by atoms with E-state index in [0.29, 0.717) is 5.56 Å². The summed E-state index contributed by atoms with van der Waals surface area (Å²) in [7, 11) is 0. The van der Waals surface area contributed by atoms with Crippen LogP contribution in [-0.2, 0) is 0 Å². The van der Waals surface area contributed by atoms with Gasteiger partial charge in [-0.3, -0.25) is 4.98 Å². The predicted octanol–water partition coefficient (Wildman–Crippen LogP) is 3.43. The summed E-state index contributed by atoms with van der Waals surface area (Å²) in [4.78, 5) is 4.38. The minimum atomic E-state index is 0.677. The van der Waals surface area contributed by atoms with Crippen LogP contribution in [0.1, 0.15) is 22.5 Å². The molecule has 0 aliphatic carbocycles. The molecule has 0 atom stereocenters. The van der Waals surface area contributed by atoms with Crippen LogP contribution in [0.5, 0.6) is 0 Å². The Kier molecular flexibility index (Phi) is 3.32. The first-order chi connectivity index (χ1) is 8.28. The molecule has 0 radical (unpaired) electrons. The third kappa shape index (κ3) is 3.02. The fourth-order valence-electron chi connectivity index (χ4n) is 1.51. The Balaban J connectivity index is 2.17. The van der Waals surface area contributed by atoms with Gasteiger partial charge >= 0.3 is 0 Å². The van der Waals surface area contributed by atoms with Crippen LogP contribution in [0.4, 0.5) is 0 Å². The summed E-state index contributed by atoms with van der Waals surface area (Å²) >= 11 is 0. The SMILES string of the molecule is Cc1cccc(/C=C/c2ccc(C#N)cc2)n1. The van der Waals surface area contributed by atoms with Crippen molar-refractivity contribution in [3.63, 3.8) is 0 Å². The molecule has 0 spiro atoms. The van der Waals surface area contributed by atoms with Crippen molar-refractivity contribution in [2.75, 3.05) is 0 Å². The summed E-state index contributed by atoms with van der Waals surface area (Å²) in [5.41, 5.74) is 3.68. The Morgan fingerprint density at radius 2 is 1.82 bits per heavy atom. The summed E-state index contributed by atoms with van der Waals surface area (Å²) in [6, 6.07) is 15.5. The van der Waals surface area contributed by atoms with Gasteiger partial charge < -0.3 is 0 Å². The van der Waals surface area contributed by atoms with Gasteiger partial charge in [0.15, 0.2) is 0 Å². The number of nitriles is 1. The molecule has 2 nitrogen and oxygen atoms in total. The average molecular weight is 220 g/mol. The average Bonchev–Trinajstić information content (AvgIpc) is 2.37. The van der Waals surface area contributed by atoms with Crippen molar-refractivity contribution in [3.8, 4) is 6.07 Å². The molecule has 1 heterocycles. The van der Waals surface area contributed by atoms with Crippen molar-refractivity contribution in [1.29, 1.82) is 5.26 Å². The van der Waals surface area contributed by atoms with E-state index < -0.39 is 0 Å². The van der Waals surface area contributed by atoms with E-state index in [2.05, 4.69) is 11.1 Å². The highest BCUT2D eigenvalue weighted by Crippen LogP contribution is 2.08. The largest absolute Gasteiger partial charge is 0.254 e. The maximum absolute atomic E-state index is 8.69. The summed E-state index contributed by atoms with van der Waals surface area (Å²) in [5.74, 6) is 0. The van der Waals surface area contributed by atoms with E-state index in [4.69, 9.17) is 5.26 Å². The van der Waals surface area contributed by atoms with Crippen molar-refractivity contribution in [2.24, 2.45) is 0 Å². The smallest absolute Gasteiger partial charge is 0.0991 e. The second-order valence-electron chi connectivity index (χ2n) is 3.77. The van der Waals surface area contributed by atoms with Crippen molar-refractivity contribution < 1.29 is 0 Å². The molecule has 0 bridgehead atoms. The van der Waals surface area contributed by atoms with Crippen LogP contribution in [-0.4, -0.2) is 4.98 Å². The lowest BCUT2D eigenvalue weighted by Gasteiger charge is -1.96. The predicted molar refractivity (Wildman–Crippen MR) is 69.1 cm³/mol. The lowest BCUT2D eigenvalue weighted by molar-refractivity contribution is 1.18. The van der Waals surface area contributed by atoms with Crippen LogP contribution in [0.25, 0.3) is 12.2 Å². The third-order valence-electron chi connectivity index (χ3n) is 2.40. The normalized spacial score (nSPS) is 10.4. The van der Waals surface area contributed by atoms with E-state index in [9.17, 15) is 0 Å². The minimum Gasteiger partial charge on any atom is -0.254 e. The van der Waals surface area contributed by atoms with Gasteiger partial charge in [-0.05, 0) is 42.8 Å². The number of nitrogens with zero attached hydrogens (tertiary/aromatic N) is 2. The Morgan fingerprint density at radius 1 is 1.06 bits per heavy atom. The summed E-state index contributed by atoms with van der Waals surface area (Å²) in [5, 5.41) is 8.69. The molecule has 82 valence electrons. The molecular formula is C15H12N2. The fourth-order valence-corrected chi connectivity index (χ4v) is 1.51. The zero-order valence-electron chi connectivity index (χ0n) is 9.59. The van der Waals surface area contributed by atoms with E-state index in [-0.39, 0.29) is 0 Å². The van der Waals surface area contributed by atoms with Crippen LogP contribution in [0.2, 0.25) is 0 Å². The fraction of sp³-hybridized carbons (Fsp3) is 0.0667. The Morgan fingerprint density at radius 3 is 2.47 bits per heavy atom. The molecular weight excluding hydrogens is 208 g/mol. The molecule has 1 aromatic carbocycles. The molecule has 0 unspecified atom stereocenters. The monoisotopic (exact) mass is 220 g/mol. The molecule has 17 heavy (non-hydrogen) atoms. The maximum Gasteiger partial charge on any atom is 0.0991 e. The lowest BCUT2D eigenvalue weighted by Crippen LogP contribution is -1.83. The van der Waals surface area contributed by atoms with Gasteiger partial charge in [0.05, 0.1) is 17.3 Å². The lowest BCUT2D eigenvalue weighted by atomic mass is 10.1. The second-order valence-corrected chi connectivity index (χ2v) is 3.77. The van der Waals surface area contributed by atoms with Gasteiger partial charge in [-0.15, -0.1) is 0 Å². The molecule has 0 aliphatic rings. The molecule has 0 saturated heterocycles. The number of aromatic nitrogens is 1. The first-order valence-electron chi connectivity index (χ1n) is 5.40. The van der Waals surface area contributed by atoms with Gasteiger partial charge in [-0.25, -0.2) is 0 Å². The van der Waals surface area contributed by atoms with Crippen LogP contribution in [0.3, 0.4) is 0 Å². The highest BCUT2D eigenvalue weighted by molar-refractivity contribution is 5.68. The van der Waals surface area contributed by atoms with Gasteiger partial charge in [0, 0.05) is 5.69 Å². The summed E-state index contributed by atoms with van der Waals surface area (Å²) < 4.78 is 0. The van der Waals surface area contributed by atoms with Crippen LogP contribution >= 0.6 is 0 Å². The highest BCUT2D eigenvalue weighted by atomic mass is 14.7. The van der Waals surface area contributed by atoms with Crippen molar-refractivity contribution >= 4 is 12.2 Å². The van der Waals surface area contributed by atoms with Crippen molar-refractivity contribution in [1.82, 2.24) is 4.98 Å². The molecule has 2 rings (SSSR count). The van der Waals surface area contributed by atoms with E-state index in [1.807, 2.05) is 61.5 Å². The van der Waals surface area contributed by atoms with E-state index >= 15 is 0 Å². The van der Waals surface area contributed by atoms with Gasteiger partial charge in [0.2, 0.25) is 0 Å². The zero-order valence-corrected chi connectivity index (χ0v) is 9.59. The Labute approximate surface area is 101 Å². The van der Waals surface area contributed by atoms with Gasteiger partial charge in [0.25, 0.3) is 0 Å². The first kappa shape index (κ1) is 11.1. The quantitative estimate of drug-likeness (QED) is 0.777. The second kappa shape index (κ2) is 5.09. The molecule has 0 fully saturated rings. The van der Waals surface area contributed by atoms with E-state index in [0.717, 1.165) is 17.0 Å². The highest BCUT2D eigenvalue weighted by Gasteiger charge is 1.91.